The third kappa shape index (κ3) is 4.15. The summed E-state index contributed by atoms with van der Waals surface area (Å²) in [5.74, 6) is -0.416. The van der Waals surface area contributed by atoms with E-state index in [2.05, 4.69) is 0 Å². The fraction of sp³-hybridized carbons (Fsp3) is 0.125. The highest BCUT2D eigenvalue weighted by Crippen LogP contribution is 2.18. The smallest absolute Gasteiger partial charge is 0.343 e. The minimum atomic E-state index is -0.570. The predicted molar refractivity (Wildman–Crippen MR) is 75.1 cm³/mol. The van der Waals surface area contributed by atoms with E-state index in [-0.39, 0.29) is 17.9 Å². The molecule has 0 spiro atoms. The van der Waals surface area contributed by atoms with Gasteiger partial charge in [0.2, 0.25) is 0 Å². The highest BCUT2D eigenvalue weighted by atomic mass is 16.5. The van der Waals surface area contributed by atoms with Gasteiger partial charge in [0.1, 0.15) is 11.5 Å². The van der Waals surface area contributed by atoms with Crippen LogP contribution in [0.5, 0.6) is 11.5 Å². The number of hydrogen-bond acceptors (Lipinski definition) is 5. The van der Waals surface area contributed by atoms with Crippen molar-refractivity contribution in [1.29, 1.82) is 0 Å². The SMILES string of the molecule is CC(=O)Oc1cccc(C(=O)Oc2cccc(CO)c2)c1. The van der Waals surface area contributed by atoms with Gasteiger partial charge in [0.15, 0.2) is 0 Å². The molecule has 0 unspecified atom stereocenters. The van der Waals surface area contributed by atoms with Crippen LogP contribution >= 0.6 is 0 Å². The van der Waals surface area contributed by atoms with Gasteiger partial charge in [-0.05, 0) is 35.9 Å². The van der Waals surface area contributed by atoms with Crippen LogP contribution in [0.2, 0.25) is 0 Å². The molecule has 0 radical (unpaired) electrons. The van der Waals surface area contributed by atoms with E-state index in [9.17, 15) is 9.59 Å². The quantitative estimate of drug-likeness (QED) is 0.689. The largest absolute Gasteiger partial charge is 0.427 e. The van der Waals surface area contributed by atoms with E-state index < -0.39 is 11.9 Å². The molecule has 0 aliphatic rings. The van der Waals surface area contributed by atoms with Crippen LogP contribution in [0.15, 0.2) is 48.5 Å². The molecule has 2 aromatic rings. The normalized spacial score (nSPS) is 10.0. The Morgan fingerprint density at radius 2 is 1.67 bits per heavy atom. The first-order chi connectivity index (χ1) is 10.1. The Morgan fingerprint density at radius 3 is 2.33 bits per heavy atom. The van der Waals surface area contributed by atoms with Crippen molar-refractivity contribution in [1.82, 2.24) is 0 Å². The van der Waals surface area contributed by atoms with Crippen molar-refractivity contribution >= 4 is 11.9 Å². The molecule has 0 aromatic heterocycles. The number of aliphatic hydroxyl groups is 1. The van der Waals surface area contributed by atoms with Crippen molar-refractivity contribution in [2.45, 2.75) is 13.5 Å². The molecule has 0 aliphatic heterocycles. The van der Waals surface area contributed by atoms with Crippen LogP contribution in [-0.4, -0.2) is 17.0 Å². The number of aliphatic hydroxyl groups excluding tert-OH is 1. The Kier molecular flexibility index (Phi) is 4.68. The number of rotatable bonds is 4. The fourth-order valence-corrected chi connectivity index (χ4v) is 1.73. The summed E-state index contributed by atoms with van der Waals surface area (Å²) in [6.07, 6.45) is 0. The van der Waals surface area contributed by atoms with Gasteiger partial charge in [-0.3, -0.25) is 4.79 Å². The number of ether oxygens (including phenoxy) is 2. The van der Waals surface area contributed by atoms with E-state index >= 15 is 0 Å². The molecular weight excluding hydrogens is 272 g/mol. The van der Waals surface area contributed by atoms with Gasteiger partial charge in [0.05, 0.1) is 12.2 Å². The Balaban J connectivity index is 2.14. The van der Waals surface area contributed by atoms with Crippen LogP contribution < -0.4 is 9.47 Å². The van der Waals surface area contributed by atoms with E-state index in [0.29, 0.717) is 11.3 Å². The van der Waals surface area contributed by atoms with E-state index in [1.807, 2.05) is 0 Å². The predicted octanol–water partition coefficient (Wildman–Crippen LogP) is 2.32. The zero-order valence-corrected chi connectivity index (χ0v) is 11.4. The van der Waals surface area contributed by atoms with Crippen LogP contribution in [0.4, 0.5) is 0 Å². The summed E-state index contributed by atoms with van der Waals surface area (Å²) in [5.41, 5.74) is 0.914. The lowest BCUT2D eigenvalue weighted by atomic mass is 10.2. The van der Waals surface area contributed by atoms with Gasteiger partial charge in [-0.25, -0.2) is 4.79 Å². The molecule has 0 heterocycles. The van der Waals surface area contributed by atoms with Gasteiger partial charge in [-0.1, -0.05) is 18.2 Å². The summed E-state index contributed by atoms with van der Waals surface area (Å²) in [7, 11) is 0. The lowest BCUT2D eigenvalue weighted by Gasteiger charge is -2.07. The lowest BCUT2D eigenvalue weighted by Crippen LogP contribution is -2.09. The van der Waals surface area contributed by atoms with Gasteiger partial charge in [0, 0.05) is 6.92 Å². The summed E-state index contributed by atoms with van der Waals surface area (Å²) in [6, 6.07) is 12.8. The second-order valence-corrected chi connectivity index (χ2v) is 4.32. The molecule has 0 amide bonds. The molecular formula is C16H14O5. The molecule has 0 aliphatic carbocycles. The first-order valence-corrected chi connectivity index (χ1v) is 6.29. The number of benzene rings is 2. The zero-order valence-electron chi connectivity index (χ0n) is 11.4. The molecule has 108 valence electrons. The molecule has 0 saturated carbocycles. The summed E-state index contributed by atoms with van der Waals surface area (Å²) in [6.45, 7) is 1.15. The van der Waals surface area contributed by atoms with Crippen molar-refractivity contribution in [3.63, 3.8) is 0 Å². The van der Waals surface area contributed by atoms with E-state index in [0.717, 1.165) is 0 Å². The van der Waals surface area contributed by atoms with Gasteiger partial charge < -0.3 is 14.6 Å². The molecule has 0 saturated heterocycles. The fourth-order valence-electron chi connectivity index (χ4n) is 1.73. The molecule has 1 N–H and O–H groups in total. The van der Waals surface area contributed by atoms with Crippen LogP contribution in [-0.2, 0) is 11.4 Å². The average molecular weight is 286 g/mol. The molecule has 0 atom stereocenters. The number of esters is 2. The number of hydrogen-bond donors (Lipinski definition) is 1. The Bertz CT molecular complexity index is 663. The van der Waals surface area contributed by atoms with Gasteiger partial charge in [-0.2, -0.15) is 0 Å². The van der Waals surface area contributed by atoms with Gasteiger partial charge in [-0.15, -0.1) is 0 Å². The summed E-state index contributed by atoms with van der Waals surface area (Å²) < 4.78 is 10.1. The molecule has 21 heavy (non-hydrogen) atoms. The minimum Gasteiger partial charge on any atom is -0.427 e. The molecule has 2 aromatic carbocycles. The first kappa shape index (κ1) is 14.7. The second-order valence-electron chi connectivity index (χ2n) is 4.32. The summed E-state index contributed by atoms with van der Waals surface area (Å²) >= 11 is 0. The maximum atomic E-state index is 12.0. The molecule has 5 nitrogen and oxygen atoms in total. The molecule has 0 fully saturated rings. The third-order valence-corrected chi connectivity index (χ3v) is 2.62. The van der Waals surface area contributed by atoms with Crippen LogP contribution in [0.1, 0.15) is 22.8 Å². The van der Waals surface area contributed by atoms with Crippen molar-refractivity contribution in [3.05, 3.63) is 59.7 Å². The van der Waals surface area contributed by atoms with Gasteiger partial charge >= 0.3 is 11.9 Å². The molecule has 2 rings (SSSR count). The van der Waals surface area contributed by atoms with Crippen molar-refractivity contribution in [2.75, 3.05) is 0 Å². The number of carbonyl (C=O) groups is 2. The first-order valence-electron chi connectivity index (χ1n) is 6.29. The van der Waals surface area contributed by atoms with E-state index in [1.54, 1.807) is 42.5 Å². The highest BCUT2D eigenvalue weighted by molar-refractivity contribution is 5.91. The third-order valence-electron chi connectivity index (χ3n) is 2.62. The summed E-state index contributed by atoms with van der Waals surface area (Å²) in [5, 5.41) is 9.04. The van der Waals surface area contributed by atoms with Gasteiger partial charge in [0.25, 0.3) is 0 Å². The van der Waals surface area contributed by atoms with E-state index in [4.69, 9.17) is 14.6 Å². The van der Waals surface area contributed by atoms with Crippen molar-refractivity contribution in [2.24, 2.45) is 0 Å². The van der Waals surface area contributed by atoms with Crippen LogP contribution in [0.3, 0.4) is 0 Å². The Hall–Kier alpha value is -2.66. The standard InChI is InChI=1S/C16H14O5/c1-11(18)20-15-7-3-5-13(9-15)16(19)21-14-6-2-4-12(8-14)10-17/h2-9,17H,10H2,1H3. The summed E-state index contributed by atoms with van der Waals surface area (Å²) in [4.78, 5) is 22.9. The molecule has 5 heteroatoms. The van der Waals surface area contributed by atoms with Crippen LogP contribution in [0, 0.1) is 0 Å². The zero-order chi connectivity index (χ0) is 15.2. The highest BCUT2D eigenvalue weighted by Gasteiger charge is 2.10. The molecule has 0 bridgehead atoms. The van der Waals surface area contributed by atoms with E-state index in [1.165, 1.54) is 13.0 Å². The average Bonchev–Trinajstić information content (AvgIpc) is 2.47. The monoisotopic (exact) mass is 286 g/mol. The maximum Gasteiger partial charge on any atom is 0.343 e. The lowest BCUT2D eigenvalue weighted by molar-refractivity contribution is -0.131. The second kappa shape index (κ2) is 6.67. The Morgan fingerprint density at radius 1 is 1.00 bits per heavy atom. The Labute approximate surface area is 121 Å². The minimum absolute atomic E-state index is 0.132. The maximum absolute atomic E-state index is 12.0. The topological polar surface area (TPSA) is 72.8 Å². The van der Waals surface area contributed by atoms with Crippen LogP contribution in [0.25, 0.3) is 0 Å². The van der Waals surface area contributed by atoms with Crippen molar-refractivity contribution in [3.8, 4) is 11.5 Å². The van der Waals surface area contributed by atoms with Crippen molar-refractivity contribution < 1.29 is 24.2 Å². The number of carbonyl (C=O) groups excluding carboxylic acids is 2.